The molecule has 0 aromatic carbocycles. The number of hydrogen-bond donors (Lipinski definition) is 0. The van der Waals surface area contributed by atoms with E-state index in [1.807, 2.05) is 18.4 Å². The minimum absolute atomic E-state index is 0.322. The lowest BCUT2D eigenvalue weighted by atomic mass is 10.1. The maximum absolute atomic E-state index is 11.1. The van der Waals surface area contributed by atoms with E-state index in [1.165, 1.54) is 0 Å². The van der Waals surface area contributed by atoms with Gasteiger partial charge in [0.2, 0.25) is 0 Å². The van der Waals surface area contributed by atoms with Gasteiger partial charge in [-0.05, 0) is 13.8 Å². The van der Waals surface area contributed by atoms with Crippen molar-refractivity contribution >= 4 is 5.78 Å². The summed E-state index contributed by atoms with van der Waals surface area (Å²) in [6.07, 6.45) is 1.48. The molecule has 0 saturated carbocycles. The second-order valence-corrected chi connectivity index (χ2v) is 3.32. The Morgan fingerprint density at radius 3 is 2.83 bits per heavy atom. The molecular formula is C9H12N2O. The number of aryl methyl sites for hydroxylation is 2. The zero-order chi connectivity index (χ0) is 8.72. The maximum atomic E-state index is 11.1. The number of aromatic nitrogens is 2. The lowest BCUT2D eigenvalue weighted by Gasteiger charge is -2.13. The smallest absolute Gasteiger partial charge is 0.153 e. The van der Waals surface area contributed by atoms with Gasteiger partial charge < -0.3 is 4.57 Å². The first kappa shape index (κ1) is 7.53. The first-order valence-corrected chi connectivity index (χ1v) is 4.23. The summed E-state index contributed by atoms with van der Waals surface area (Å²) in [6.45, 7) is 4.54. The van der Waals surface area contributed by atoms with Crippen LogP contribution in [0.25, 0.3) is 0 Å². The van der Waals surface area contributed by atoms with E-state index in [1.54, 1.807) is 0 Å². The van der Waals surface area contributed by atoms with Gasteiger partial charge in [-0.25, -0.2) is 4.98 Å². The number of ketones is 1. The highest BCUT2D eigenvalue weighted by atomic mass is 16.1. The molecule has 0 bridgehead atoms. The molecule has 1 aromatic rings. The molecule has 0 spiro atoms. The number of hydrogen-bond acceptors (Lipinski definition) is 2. The fourth-order valence-electron chi connectivity index (χ4n) is 1.63. The van der Waals surface area contributed by atoms with Crippen molar-refractivity contribution in [3.8, 4) is 0 Å². The highest BCUT2D eigenvalue weighted by Gasteiger charge is 2.18. The Morgan fingerprint density at radius 1 is 1.33 bits per heavy atom. The van der Waals surface area contributed by atoms with Crippen LogP contribution in [0.5, 0.6) is 0 Å². The molecule has 0 saturated heterocycles. The van der Waals surface area contributed by atoms with E-state index in [9.17, 15) is 4.79 Å². The first-order chi connectivity index (χ1) is 5.68. The van der Waals surface area contributed by atoms with Crippen LogP contribution in [-0.4, -0.2) is 15.3 Å². The van der Waals surface area contributed by atoms with Gasteiger partial charge in [-0.1, -0.05) is 0 Å². The second kappa shape index (κ2) is 2.44. The summed E-state index contributed by atoms with van der Waals surface area (Å²) in [6, 6.07) is 0. The van der Waals surface area contributed by atoms with Crippen LogP contribution in [-0.2, 0) is 17.8 Å². The SMILES string of the molecule is Cc1nc2n(c1C)CC(=O)CC2. The van der Waals surface area contributed by atoms with E-state index < -0.39 is 0 Å². The van der Waals surface area contributed by atoms with E-state index in [-0.39, 0.29) is 0 Å². The molecule has 0 unspecified atom stereocenters. The van der Waals surface area contributed by atoms with Crippen LogP contribution in [0.1, 0.15) is 23.6 Å². The van der Waals surface area contributed by atoms with Crippen molar-refractivity contribution in [2.45, 2.75) is 33.2 Å². The number of fused-ring (bicyclic) bond motifs is 1. The number of carbonyl (C=O) groups is 1. The summed E-state index contributed by atoms with van der Waals surface area (Å²) in [5, 5.41) is 0. The third kappa shape index (κ3) is 0.967. The molecule has 1 aliphatic rings. The van der Waals surface area contributed by atoms with Crippen molar-refractivity contribution < 1.29 is 4.79 Å². The fraction of sp³-hybridized carbons (Fsp3) is 0.556. The Labute approximate surface area is 71.4 Å². The Bertz CT molecular complexity index is 339. The molecule has 0 radical (unpaired) electrons. The van der Waals surface area contributed by atoms with Crippen molar-refractivity contribution in [2.24, 2.45) is 0 Å². The highest BCUT2D eigenvalue weighted by molar-refractivity contribution is 5.79. The molecule has 1 aromatic heterocycles. The largest absolute Gasteiger partial charge is 0.325 e. The summed E-state index contributed by atoms with van der Waals surface area (Å²) in [5.74, 6) is 1.40. The zero-order valence-electron chi connectivity index (χ0n) is 7.42. The lowest BCUT2D eigenvalue weighted by molar-refractivity contribution is -0.120. The van der Waals surface area contributed by atoms with Gasteiger partial charge >= 0.3 is 0 Å². The Hall–Kier alpha value is -1.12. The lowest BCUT2D eigenvalue weighted by Crippen LogP contribution is -2.20. The maximum Gasteiger partial charge on any atom is 0.153 e. The van der Waals surface area contributed by atoms with Crippen LogP contribution in [0.15, 0.2) is 0 Å². The van der Waals surface area contributed by atoms with Crippen LogP contribution >= 0.6 is 0 Å². The van der Waals surface area contributed by atoms with Gasteiger partial charge in [-0.15, -0.1) is 0 Å². The topological polar surface area (TPSA) is 34.9 Å². The summed E-state index contributed by atoms with van der Waals surface area (Å²) in [5.41, 5.74) is 2.19. The van der Waals surface area contributed by atoms with Crippen molar-refractivity contribution in [3.05, 3.63) is 17.2 Å². The van der Waals surface area contributed by atoms with E-state index in [2.05, 4.69) is 4.98 Å². The zero-order valence-corrected chi connectivity index (χ0v) is 7.42. The van der Waals surface area contributed by atoms with Gasteiger partial charge in [-0.2, -0.15) is 0 Å². The molecule has 0 fully saturated rings. The molecule has 2 rings (SSSR count). The number of carbonyl (C=O) groups excluding carboxylic acids is 1. The molecule has 64 valence electrons. The third-order valence-corrected chi connectivity index (χ3v) is 2.50. The molecular weight excluding hydrogens is 152 g/mol. The normalized spacial score (nSPS) is 16.3. The van der Waals surface area contributed by atoms with Gasteiger partial charge in [0.15, 0.2) is 5.78 Å². The molecule has 0 amide bonds. The van der Waals surface area contributed by atoms with Gasteiger partial charge in [0.05, 0.1) is 12.2 Å². The van der Waals surface area contributed by atoms with Gasteiger partial charge in [0.25, 0.3) is 0 Å². The summed E-state index contributed by atoms with van der Waals surface area (Å²) < 4.78 is 2.03. The Kier molecular flexibility index (Phi) is 1.53. The number of imidazole rings is 1. The summed E-state index contributed by atoms with van der Waals surface area (Å²) in [7, 11) is 0. The van der Waals surface area contributed by atoms with E-state index >= 15 is 0 Å². The molecule has 0 N–H and O–H groups in total. The Morgan fingerprint density at radius 2 is 2.08 bits per heavy atom. The van der Waals surface area contributed by atoms with Gasteiger partial charge in [-0.3, -0.25) is 4.79 Å². The highest BCUT2D eigenvalue weighted by Crippen LogP contribution is 2.16. The predicted molar refractivity (Wildman–Crippen MR) is 45.0 cm³/mol. The first-order valence-electron chi connectivity index (χ1n) is 4.23. The van der Waals surface area contributed by atoms with Crippen LogP contribution in [0.2, 0.25) is 0 Å². The Balaban J connectivity index is 2.50. The average Bonchev–Trinajstić information content (AvgIpc) is 2.31. The van der Waals surface area contributed by atoms with Crippen molar-refractivity contribution in [3.63, 3.8) is 0 Å². The van der Waals surface area contributed by atoms with E-state index in [0.29, 0.717) is 18.7 Å². The third-order valence-electron chi connectivity index (χ3n) is 2.50. The quantitative estimate of drug-likeness (QED) is 0.573. The van der Waals surface area contributed by atoms with E-state index in [0.717, 1.165) is 23.6 Å². The van der Waals surface area contributed by atoms with Crippen molar-refractivity contribution in [1.29, 1.82) is 0 Å². The van der Waals surface area contributed by atoms with Crippen LogP contribution in [0.3, 0.4) is 0 Å². The fourth-order valence-corrected chi connectivity index (χ4v) is 1.63. The minimum atomic E-state index is 0.322. The predicted octanol–water partition coefficient (Wildman–Crippen LogP) is 1.02. The molecule has 3 heteroatoms. The number of rotatable bonds is 0. The molecule has 0 atom stereocenters. The summed E-state index contributed by atoms with van der Waals surface area (Å²) >= 11 is 0. The van der Waals surface area contributed by atoms with Crippen molar-refractivity contribution in [1.82, 2.24) is 9.55 Å². The molecule has 2 heterocycles. The molecule has 0 aliphatic carbocycles. The van der Waals surface area contributed by atoms with Crippen LogP contribution < -0.4 is 0 Å². The van der Waals surface area contributed by atoms with Crippen LogP contribution in [0, 0.1) is 13.8 Å². The molecule has 12 heavy (non-hydrogen) atoms. The van der Waals surface area contributed by atoms with Gasteiger partial charge in [0.1, 0.15) is 5.82 Å². The van der Waals surface area contributed by atoms with Crippen LogP contribution in [0.4, 0.5) is 0 Å². The van der Waals surface area contributed by atoms with Gasteiger partial charge in [0, 0.05) is 18.5 Å². The second-order valence-electron chi connectivity index (χ2n) is 3.32. The van der Waals surface area contributed by atoms with E-state index in [4.69, 9.17) is 0 Å². The molecule has 1 aliphatic heterocycles. The number of Topliss-reactive ketones (excluding diaryl/α,β-unsaturated/α-hetero) is 1. The standard InChI is InChI=1S/C9H12N2O/c1-6-7(2)11-5-8(12)3-4-9(11)10-6/h3-5H2,1-2H3. The average molecular weight is 164 g/mol. The minimum Gasteiger partial charge on any atom is -0.325 e. The number of nitrogens with zero attached hydrogens (tertiary/aromatic N) is 2. The molecule has 3 nitrogen and oxygen atoms in total. The monoisotopic (exact) mass is 164 g/mol. The van der Waals surface area contributed by atoms with Crippen molar-refractivity contribution in [2.75, 3.05) is 0 Å². The summed E-state index contributed by atoms with van der Waals surface area (Å²) in [4.78, 5) is 15.5.